The molecule has 1 saturated carbocycles. The molecule has 0 spiro atoms. The molecule has 1 atom stereocenters. The number of nitrogens with one attached hydrogen (secondary N) is 2. The summed E-state index contributed by atoms with van der Waals surface area (Å²) in [6.07, 6.45) is -4.02. The number of rotatable bonds is 5. The number of imide groups is 1. The van der Waals surface area contributed by atoms with E-state index in [1.165, 1.54) is 26.8 Å². The van der Waals surface area contributed by atoms with Gasteiger partial charge in [0.15, 0.2) is 6.10 Å². The monoisotopic (exact) mass is 375 g/mol. The van der Waals surface area contributed by atoms with Crippen LogP contribution in [0.3, 0.4) is 0 Å². The molecule has 3 amide bonds. The lowest BCUT2D eigenvalue weighted by atomic mass is 10.2. The van der Waals surface area contributed by atoms with Crippen LogP contribution in [0.25, 0.3) is 0 Å². The van der Waals surface area contributed by atoms with Crippen molar-refractivity contribution in [3.63, 3.8) is 0 Å². The molecule has 1 aliphatic rings. The third-order valence-corrected chi connectivity index (χ3v) is 3.93. The van der Waals surface area contributed by atoms with Crippen molar-refractivity contribution < 1.29 is 32.3 Å². The molecule has 26 heavy (non-hydrogen) atoms. The van der Waals surface area contributed by atoms with Crippen LogP contribution in [-0.2, 0) is 16.1 Å². The summed E-state index contributed by atoms with van der Waals surface area (Å²) < 4.78 is 43.8. The molecule has 10 heteroatoms. The number of aromatic nitrogens is 1. The average Bonchev–Trinajstić information content (AvgIpc) is 3.27. The third-order valence-electron chi connectivity index (χ3n) is 3.93. The fraction of sp³-hybridized carbons (Fsp3) is 0.562. The van der Waals surface area contributed by atoms with Crippen LogP contribution in [0.15, 0.2) is 6.07 Å². The Hall–Kier alpha value is -2.52. The van der Waals surface area contributed by atoms with Gasteiger partial charge in [0, 0.05) is 17.4 Å². The van der Waals surface area contributed by atoms with E-state index in [9.17, 15) is 27.6 Å². The summed E-state index contributed by atoms with van der Waals surface area (Å²) in [5.74, 6) is -1.75. The lowest BCUT2D eigenvalue weighted by Gasteiger charge is -2.14. The number of carbonyl (C=O) groups is 3. The SMILES string of the molecule is Cc1cc(C(=O)OC(C)C(=O)NC(=O)NC2CC2)c(C)n1CC(F)(F)F. The Morgan fingerprint density at radius 2 is 1.92 bits per heavy atom. The van der Waals surface area contributed by atoms with Crippen molar-refractivity contribution >= 4 is 17.9 Å². The van der Waals surface area contributed by atoms with Crippen LogP contribution in [0.1, 0.15) is 41.5 Å². The van der Waals surface area contributed by atoms with Gasteiger partial charge in [-0.05, 0) is 39.7 Å². The molecule has 144 valence electrons. The van der Waals surface area contributed by atoms with E-state index in [2.05, 4.69) is 5.32 Å². The van der Waals surface area contributed by atoms with Crippen LogP contribution in [0.4, 0.5) is 18.0 Å². The highest BCUT2D eigenvalue weighted by molar-refractivity contribution is 5.99. The van der Waals surface area contributed by atoms with Gasteiger partial charge < -0.3 is 14.6 Å². The van der Waals surface area contributed by atoms with Crippen LogP contribution in [-0.4, -0.2) is 40.8 Å². The first kappa shape index (κ1) is 19.8. The maximum Gasteiger partial charge on any atom is 0.406 e. The second kappa shape index (κ2) is 7.38. The average molecular weight is 375 g/mol. The number of hydrogen-bond donors (Lipinski definition) is 2. The topological polar surface area (TPSA) is 89.4 Å². The molecular formula is C16H20F3N3O4. The largest absolute Gasteiger partial charge is 0.449 e. The van der Waals surface area contributed by atoms with Gasteiger partial charge in [0.1, 0.15) is 6.54 Å². The number of amides is 3. The molecule has 1 fully saturated rings. The second-order valence-electron chi connectivity index (χ2n) is 6.27. The Morgan fingerprint density at radius 1 is 1.31 bits per heavy atom. The number of carbonyl (C=O) groups excluding carboxylic acids is 3. The van der Waals surface area contributed by atoms with E-state index in [0.29, 0.717) is 0 Å². The van der Waals surface area contributed by atoms with E-state index < -0.39 is 36.7 Å². The number of nitrogens with zero attached hydrogens (tertiary/aromatic N) is 1. The summed E-state index contributed by atoms with van der Waals surface area (Å²) in [5.41, 5.74) is 0.269. The van der Waals surface area contributed by atoms with E-state index in [4.69, 9.17) is 4.74 Å². The van der Waals surface area contributed by atoms with Gasteiger partial charge in [-0.2, -0.15) is 13.2 Å². The minimum absolute atomic E-state index is 0.0553. The molecule has 0 aliphatic heterocycles. The highest BCUT2D eigenvalue weighted by atomic mass is 19.4. The van der Waals surface area contributed by atoms with Crippen molar-refractivity contribution in [1.82, 2.24) is 15.2 Å². The summed E-state index contributed by atoms with van der Waals surface area (Å²) in [6, 6.07) is 0.650. The standard InChI is InChI=1S/C16H20F3N3O4/c1-8-6-12(9(2)22(8)7-16(17,18)19)14(24)26-10(3)13(23)21-15(25)20-11-4-5-11/h6,10-11H,4-5,7H2,1-3H3,(H2,20,21,23,25). The van der Waals surface area contributed by atoms with Gasteiger partial charge in [-0.15, -0.1) is 0 Å². The molecule has 0 bridgehead atoms. The van der Waals surface area contributed by atoms with Crippen molar-refractivity contribution in [2.45, 2.75) is 58.5 Å². The van der Waals surface area contributed by atoms with Gasteiger partial charge in [-0.1, -0.05) is 0 Å². The Balaban J connectivity index is 1.99. The summed E-state index contributed by atoms with van der Waals surface area (Å²) in [7, 11) is 0. The van der Waals surface area contributed by atoms with Crippen molar-refractivity contribution in [1.29, 1.82) is 0 Å². The summed E-state index contributed by atoms with van der Waals surface area (Å²) in [5, 5.41) is 4.59. The zero-order chi connectivity index (χ0) is 19.6. The lowest BCUT2D eigenvalue weighted by molar-refractivity contribution is -0.141. The number of hydrogen-bond acceptors (Lipinski definition) is 4. The molecule has 1 heterocycles. The van der Waals surface area contributed by atoms with Gasteiger partial charge in [0.2, 0.25) is 0 Å². The molecule has 0 aromatic carbocycles. The maximum atomic E-state index is 12.6. The van der Waals surface area contributed by atoms with E-state index >= 15 is 0 Å². The number of esters is 1. The highest BCUT2D eigenvalue weighted by Crippen LogP contribution is 2.23. The van der Waals surface area contributed by atoms with Crippen molar-refractivity contribution in [3.8, 4) is 0 Å². The first-order valence-corrected chi connectivity index (χ1v) is 8.03. The van der Waals surface area contributed by atoms with Gasteiger partial charge >= 0.3 is 18.2 Å². The number of alkyl halides is 3. The molecule has 1 aromatic heterocycles. The normalized spacial score (nSPS) is 15.3. The summed E-state index contributed by atoms with van der Waals surface area (Å²) in [6.45, 7) is 2.85. The van der Waals surface area contributed by atoms with Gasteiger partial charge in [-0.25, -0.2) is 9.59 Å². The predicted octanol–water partition coefficient (Wildman–Crippen LogP) is 2.20. The smallest absolute Gasteiger partial charge is 0.406 e. The second-order valence-corrected chi connectivity index (χ2v) is 6.27. The minimum atomic E-state index is -4.43. The quantitative estimate of drug-likeness (QED) is 0.772. The minimum Gasteiger partial charge on any atom is -0.449 e. The Kier molecular flexibility index (Phi) is 5.62. The molecule has 2 N–H and O–H groups in total. The molecule has 0 radical (unpaired) electrons. The van der Waals surface area contributed by atoms with Crippen molar-refractivity contribution in [3.05, 3.63) is 23.0 Å². The summed E-state index contributed by atoms with van der Waals surface area (Å²) >= 11 is 0. The molecule has 0 saturated heterocycles. The Morgan fingerprint density at radius 3 is 2.46 bits per heavy atom. The fourth-order valence-electron chi connectivity index (χ4n) is 2.37. The number of halogens is 3. The van der Waals surface area contributed by atoms with Crippen LogP contribution >= 0.6 is 0 Å². The van der Waals surface area contributed by atoms with E-state index in [1.54, 1.807) is 0 Å². The molecule has 1 aromatic rings. The van der Waals surface area contributed by atoms with Gasteiger partial charge in [0.05, 0.1) is 5.56 Å². The molecule has 1 unspecified atom stereocenters. The lowest BCUT2D eigenvalue weighted by Crippen LogP contribution is -2.45. The van der Waals surface area contributed by atoms with Crippen LogP contribution in [0.5, 0.6) is 0 Å². The molecular weight excluding hydrogens is 355 g/mol. The van der Waals surface area contributed by atoms with E-state index in [1.807, 2.05) is 5.32 Å². The van der Waals surface area contributed by atoms with Crippen LogP contribution in [0.2, 0.25) is 0 Å². The molecule has 7 nitrogen and oxygen atoms in total. The van der Waals surface area contributed by atoms with Gasteiger partial charge in [0.25, 0.3) is 5.91 Å². The van der Waals surface area contributed by atoms with E-state index in [0.717, 1.165) is 17.4 Å². The van der Waals surface area contributed by atoms with E-state index in [-0.39, 0.29) is 23.0 Å². The van der Waals surface area contributed by atoms with Gasteiger partial charge in [-0.3, -0.25) is 10.1 Å². The number of ether oxygens (including phenoxy) is 1. The Labute approximate surface area is 147 Å². The van der Waals surface area contributed by atoms with Crippen LogP contribution in [0, 0.1) is 13.8 Å². The zero-order valence-corrected chi connectivity index (χ0v) is 14.6. The first-order valence-electron chi connectivity index (χ1n) is 8.03. The fourth-order valence-corrected chi connectivity index (χ4v) is 2.37. The zero-order valence-electron chi connectivity index (χ0n) is 14.6. The first-order chi connectivity index (χ1) is 12.0. The number of urea groups is 1. The van der Waals surface area contributed by atoms with Crippen LogP contribution < -0.4 is 10.6 Å². The molecule has 2 rings (SSSR count). The number of aryl methyl sites for hydroxylation is 1. The highest BCUT2D eigenvalue weighted by Gasteiger charge is 2.31. The predicted molar refractivity (Wildman–Crippen MR) is 84.5 cm³/mol. The third kappa shape index (κ3) is 5.24. The molecule has 1 aliphatic carbocycles. The van der Waals surface area contributed by atoms with Crippen molar-refractivity contribution in [2.24, 2.45) is 0 Å². The maximum absolute atomic E-state index is 12.6. The Bertz CT molecular complexity index is 723. The summed E-state index contributed by atoms with van der Waals surface area (Å²) in [4.78, 5) is 35.6. The van der Waals surface area contributed by atoms with Crippen molar-refractivity contribution in [2.75, 3.05) is 0 Å².